The number of aliphatic carboxylic acids is 1. The second-order valence-corrected chi connectivity index (χ2v) is 21.1. The van der Waals surface area contributed by atoms with E-state index in [0.29, 0.717) is 49.1 Å². The van der Waals surface area contributed by atoms with Crippen molar-refractivity contribution in [3.63, 3.8) is 0 Å². The number of hydrogen-bond donors (Lipinski definition) is 4. The minimum Gasteiger partial charge on any atom is -0.480 e. The molecule has 21 heteroatoms. The van der Waals surface area contributed by atoms with Gasteiger partial charge in [-0.25, -0.2) is 27.3 Å². The first-order chi connectivity index (χ1) is 27.4. The Morgan fingerprint density at radius 2 is 1.15 bits per heavy atom. The summed E-state index contributed by atoms with van der Waals surface area (Å²) in [6.07, 6.45) is 7.86. The average Bonchev–Trinajstić information content (AvgIpc) is 3.18. The fourth-order valence-electron chi connectivity index (χ4n) is 6.53. The van der Waals surface area contributed by atoms with Crippen LogP contribution in [0.2, 0.25) is 20.4 Å². The first-order valence-electron chi connectivity index (χ1n) is 18.9. The number of pyridine rings is 2. The fraction of sp³-hybridized carbons (Fsp3) is 0.513. The highest BCUT2D eigenvalue weighted by atomic mass is 35.7. The summed E-state index contributed by atoms with van der Waals surface area (Å²) in [4.78, 5) is 25.8. The maximum absolute atomic E-state index is 12.8. The predicted molar refractivity (Wildman–Crippen MR) is 245 cm³/mol. The van der Waals surface area contributed by atoms with Crippen molar-refractivity contribution in [1.82, 2.24) is 29.4 Å². The number of piperidine rings is 3. The van der Waals surface area contributed by atoms with Gasteiger partial charge in [0.05, 0.1) is 19.8 Å². The van der Waals surface area contributed by atoms with Gasteiger partial charge < -0.3 is 36.7 Å². The summed E-state index contributed by atoms with van der Waals surface area (Å²) >= 11 is 24.0. The average molecular weight is 973 g/mol. The van der Waals surface area contributed by atoms with E-state index in [1.54, 1.807) is 30.3 Å². The Morgan fingerprint density at radius 1 is 0.733 bits per heavy atom. The van der Waals surface area contributed by atoms with Gasteiger partial charge in [-0.2, -0.15) is 0 Å². The Morgan fingerprint density at radius 3 is 1.58 bits per heavy atom. The number of sulfonamides is 1. The highest BCUT2D eigenvalue weighted by Crippen LogP contribution is 2.32. The molecule has 0 spiro atoms. The zero-order valence-corrected chi connectivity index (χ0v) is 39.7. The van der Waals surface area contributed by atoms with Crippen LogP contribution in [0.1, 0.15) is 52.4 Å². The molecule has 0 amide bonds. The van der Waals surface area contributed by atoms with Crippen molar-refractivity contribution in [3.8, 4) is 0 Å². The van der Waals surface area contributed by atoms with E-state index in [1.807, 2.05) is 21.0 Å². The first kappa shape index (κ1) is 52.3. The lowest BCUT2D eigenvalue weighted by Crippen LogP contribution is -2.54. The van der Waals surface area contributed by atoms with Crippen LogP contribution in [0, 0.1) is 0 Å². The zero-order valence-electron chi connectivity index (χ0n) is 34.3. The Bertz CT molecular complexity index is 2230. The van der Waals surface area contributed by atoms with Crippen molar-refractivity contribution in [2.75, 3.05) is 60.4 Å². The molecule has 3 saturated heterocycles. The molecule has 2 aromatic carbocycles. The Hall–Kier alpha value is -2.00. The van der Waals surface area contributed by atoms with Gasteiger partial charge in [-0.15, -0.1) is 0 Å². The van der Waals surface area contributed by atoms with Crippen LogP contribution in [0.25, 0.3) is 21.5 Å². The van der Waals surface area contributed by atoms with Crippen LogP contribution in [0.15, 0.2) is 58.6 Å². The number of fused-ring (bicyclic) bond motifs is 2. The monoisotopic (exact) mass is 970 g/mol. The molecular weight excluding hydrogens is 918 g/mol. The van der Waals surface area contributed by atoms with Crippen molar-refractivity contribution in [2.24, 2.45) is 11.5 Å². The van der Waals surface area contributed by atoms with Crippen molar-refractivity contribution in [1.29, 1.82) is 0 Å². The lowest BCUT2D eigenvalue weighted by Gasteiger charge is -2.38. The molecule has 0 bridgehead atoms. The number of nitrogens with two attached hydrogens (primary N) is 2. The molecule has 8 N–H and O–H groups in total. The van der Waals surface area contributed by atoms with Gasteiger partial charge in [0.25, 0.3) is 0 Å². The van der Waals surface area contributed by atoms with Crippen LogP contribution in [-0.4, -0.2) is 131 Å². The quantitative estimate of drug-likeness (QED) is 0.130. The maximum Gasteiger partial charge on any atom is 0.323 e. The van der Waals surface area contributed by atoms with Gasteiger partial charge >= 0.3 is 5.97 Å². The number of rotatable bonds is 5. The fourth-order valence-corrected chi connectivity index (χ4v) is 9.54. The van der Waals surface area contributed by atoms with Gasteiger partial charge in [-0.1, -0.05) is 58.5 Å². The topological polar surface area (TPSA) is 220 Å². The third-order valence-electron chi connectivity index (χ3n) is 10.9. The summed E-state index contributed by atoms with van der Waals surface area (Å²) < 4.78 is 39.5. The number of carboxylic acid groups (broad SMARTS) is 1. The highest BCUT2D eigenvalue weighted by Gasteiger charge is 2.37. The Kier molecular flexibility index (Phi) is 19.3. The van der Waals surface area contributed by atoms with Crippen molar-refractivity contribution in [3.05, 3.63) is 69.1 Å². The van der Waals surface area contributed by atoms with Crippen molar-refractivity contribution < 1.29 is 28.0 Å². The molecule has 3 aliphatic heterocycles. The Labute approximate surface area is 379 Å². The number of nitrogens with one attached hydrogen (secondary N) is 1. The summed E-state index contributed by atoms with van der Waals surface area (Å²) in [6.45, 7) is 9.69. The van der Waals surface area contributed by atoms with Crippen LogP contribution < -0.4 is 16.2 Å². The number of aromatic nitrogens is 2. The minimum atomic E-state index is -3.65. The molecule has 1 atom stereocenters. The van der Waals surface area contributed by atoms with Crippen molar-refractivity contribution in [2.45, 2.75) is 78.8 Å². The van der Waals surface area contributed by atoms with Crippen LogP contribution in [-0.2, 0) is 24.8 Å². The molecule has 0 aliphatic carbocycles. The minimum absolute atomic E-state index is 0. The molecule has 14 nitrogen and oxygen atoms in total. The number of halogens is 5. The number of nitrogens with zero attached hydrogens (tertiary/aromatic N) is 5. The number of likely N-dealkylation sites (tertiary alicyclic amines) is 3. The molecule has 0 saturated carbocycles. The lowest BCUT2D eigenvalue weighted by molar-refractivity contribution is -0.145. The standard InChI is InChI=1S/C16H19Cl2N3O2S.C9H4Cl3NOS.C7H14N2O2.C7H16N2.H2O/c1-16(5-7-21(2)8-6-16)20-24(22,23)11-3-4-12-13(9-11)15(18)19-10-14(12)17;10-8-4-13-9(11)7-3-5(15(12)14)1-2-6(7)8;1-9-4-2-7(8,3-5-9)6(10)11;1-7(8)3-5-9(2)6-4-7;/h3-4,9-10,20H,5-8H2,1-2H3;1-4H;2-5,8H2,1H3,(H,10,11);3-6,8H2,1-2H3;1H2. The van der Waals surface area contributed by atoms with Gasteiger partial charge in [0, 0.05) is 58.1 Å². The van der Waals surface area contributed by atoms with Crippen LogP contribution in [0.4, 0.5) is 0 Å². The molecule has 5 heterocycles. The van der Waals surface area contributed by atoms with E-state index in [-0.39, 0.29) is 21.1 Å². The third-order valence-corrected chi connectivity index (χ3v) is 14.9. The van der Waals surface area contributed by atoms with Gasteiger partial charge in [0.15, 0.2) is 0 Å². The van der Waals surface area contributed by atoms with E-state index in [0.717, 1.165) is 70.3 Å². The second-order valence-electron chi connectivity index (χ2n) is 16.1. The van der Waals surface area contributed by atoms with E-state index >= 15 is 0 Å². The van der Waals surface area contributed by atoms with Crippen LogP contribution >= 0.6 is 57.1 Å². The van der Waals surface area contributed by atoms with E-state index < -0.39 is 37.1 Å². The van der Waals surface area contributed by atoms with E-state index in [4.69, 9.17) is 73.7 Å². The van der Waals surface area contributed by atoms with Gasteiger partial charge in [-0.05, 0) is 135 Å². The summed E-state index contributed by atoms with van der Waals surface area (Å²) in [6, 6.07) is 9.73. The molecular formula is C39H55Cl5N8O6S2. The largest absolute Gasteiger partial charge is 0.480 e. The summed E-state index contributed by atoms with van der Waals surface area (Å²) in [5.41, 5.74) is 10.3. The van der Waals surface area contributed by atoms with E-state index in [1.165, 1.54) is 18.5 Å². The molecule has 2 aromatic heterocycles. The number of benzene rings is 2. The number of hydrogen-bond acceptors (Lipinski definition) is 11. The normalized spacial score (nSPS) is 19.6. The predicted octanol–water partition coefficient (Wildman–Crippen LogP) is 6.21. The summed E-state index contributed by atoms with van der Waals surface area (Å²) in [5.74, 6) is -0.870. The molecule has 4 aromatic rings. The van der Waals surface area contributed by atoms with Gasteiger partial charge in [0.1, 0.15) is 25.9 Å². The van der Waals surface area contributed by atoms with Crippen LogP contribution in [0.3, 0.4) is 0 Å². The molecule has 0 radical (unpaired) electrons. The molecule has 3 aliphatic rings. The van der Waals surface area contributed by atoms with Gasteiger partial charge in [0.2, 0.25) is 10.0 Å². The number of carboxylic acids is 1. The summed E-state index contributed by atoms with van der Waals surface area (Å²) in [7, 11) is 6.42. The first-order valence-corrected chi connectivity index (χ1v) is 23.9. The van der Waals surface area contributed by atoms with E-state index in [9.17, 15) is 17.4 Å². The van der Waals surface area contributed by atoms with E-state index in [2.05, 4.69) is 43.4 Å². The SMILES string of the molecule is CN1CCC(C)(N)CC1.CN1CCC(C)(NS(=O)(=O)c2ccc3c(Cl)cnc(Cl)c3c2)CC1.CN1CCC(N)(C(=O)O)CC1.O.O=S(Cl)c1ccc2c(Cl)cnc(Cl)c2c1. The smallest absolute Gasteiger partial charge is 0.323 e. The molecule has 60 heavy (non-hydrogen) atoms. The molecule has 3 fully saturated rings. The van der Waals surface area contributed by atoms with Crippen LogP contribution in [0.5, 0.6) is 0 Å². The lowest BCUT2D eigenvalue weighted by atomic mass is 9.89. The van der Waals surface area contributed by atoms with Crippen molar-refractivity contribution >= 4 is 105 Å². The molecule has 7 rings (SSSR count). The highest BCUT2D eigenvalue weighted by molar-refractivity contribution is 8.08. The Balaban J connectivity index is 0.000000229. The third kappa shape index (κ3) is 14.5. The zero-order chi connectivity index (χ0) is 43.9. The van der Waals surface area contributed by atoms with Gasteiger partial charge in [-0.3, -0.25) is 4.79 Å². The second kappa shape index (κ2) is 22.1. The molecule has 334 valence electrons. The maximum atomic E-state index is 12.8. The number of carbonyl (C=O) groups is 1. The summed E-state index contributed by atoms with van der Waals surface area (Å²) in [5, 5.41) is 12.9. The molecule has 1 unspecified atom stereocenters.